The van der Waals surface area contributed by atoms with Crippen LogP contribution in [0.5, 0.6) is 0 Å². The molecule has 0 spiro atoms. The number of hydrogen-bond acceptors (Lipinski definition) is 2. The minimum atomic E-state index is 0.172. The first-order valence-electron chi connectivity index (χ1n) is 3.97. The third-order valence-corrected chi connectivity index (χ3v) is 2.17. The summed E-state index contributed by atoms with van der Waals surface area (Å²) in [6.45, 7) is 0. The van der Waals surface area contributed by atoms with Gasteiger partial charge >= 0.3 is 0 Å². The summed E-state index contributed by atoms with van der Waals surface area (Å²) < 4.78 is 0. The highest BCUT2D eigenvalue weighted by atomic mass is 35.5. The van der Waals surface area contributed by atoms with Crippen molar-refractivity contribution in [2.75, 3.05) is 0 Å². The zero-order chi connectivity index (χ0) is 9.26. The van der Waals surface area contributed by atoms with Crippen molar-refractivity contribution in [3.63, 3.8) is 0 Å². The Morgan fingerprint density at radius 1 is 1.38 bits per heavy atom. The van der Waals surface area contributed by atoms with Crippen LogP contribution in [-0.4, -0.2) is 10.1 Å². The third-order valence-electron chi connectivity index (χ3n) is 1.92. The number of rotatable bonds is 0. The molecule has 2 rings (SSSR count). The summed E-state index contributed by atoms with van der Waals surface area (Å²) in [7, 11) is 0. The van der Waals surface area contributed by atoms with Crippen molar-refractivity contribution in [3.8, 4) is 0 Å². The van der Waals surface area contributed by atoms with E-state index in [1.54, 1.807) is 18.3 Å². The summed E-state index contributed by atoms with van der Waals surface area (Å²) in [5.74, 6) is 0.172. The van der Waals surface area contributed by atoms with Gasteiger partial charge in [-0.1, -0.05) is 17.7 Å². The summed E-state index contributed by atoms with van der Waals surface area (Å²) in [5, 5.41) is 10.3. The smallest absolute Gasteiger partial charge is 0.141 e. The average molecular weight is 194 g/mol. The van der Waals surface area contributed by atoms with Crippen molar-refractivity contribution < 1.29 is 5.11 Å². The summed E-state index contributed by atoms with van der Waals surface area (Å²) in [5.41, 5.74) is 1.57. The number of allylic oxidation sites excluding steroid dienone is 3. The molecule has 13 heavy (non-hydrogen) atoms. The first-order valence-corrected chi connectivity index (χ1v) is 4.35. The van der Waals surface area contributed by atoms with Gasteiger partial charge in [0.2, 0.25) is 0 Å². The lowest BCUT2D eigenvalue weighted by atomic mass is 10.1. The fraction of sp³-hybridized carbons (Fsp3) is 0.100. The van der Waals surface area contributed by atoms with E-state index < -0.39 is 0 Å². The van der Waals surface area contributed by atoms with Crippen molar-refractivity contribution in [2.45, 2.75) is 6.42 Å². The third kappa shape index (κ3) is 1.58. The van der Waals surface area contributed by atoms with Crippen LogP contribution in [0.4, 0.5) is 0 Å². The van der Waals surface area contributed by atoms with Gasteiger partial charge in [0.15, 0.2) is 0 Å². The van der Waals surface area contributed by atoms with Crippen LogP contribution < -0.4 is 0 Å². The maximum absolute atomic E-state index is 9.55. The van der Waals surface area contributed by atoms with Crippen LogP contribution in [0.15, 0.2) is 35.5 Å². The highest BCUT2D eigenvalue weighted by Crippen LogP contribution is 2.22. The van der Waals surface area contributed by atoms with Crippen LogP contribution in [-0.2, 0) is 6.42 Å². The number of fused-ring (bicyclic) bond motifs is 1. The van der Waals surface area contributed by atoms with E-state index in [4.69, 9.17) is 11.6 Å². The lowest BCUT2D eigenvalue weighted by Gasteiger charge is -2.03. The Bertz CT molecular complexity index is 396. The molecule has 1 heterocycles. The summed E-state index contributed by atoms with van der Waals surface area (Å²) in [4.78, 5) is 4.08. The fourth-order valence-corrected chi connectivity index (χ4v) is 1.51. The molecular weight excluding hydrogens is 186 g/mol. The zero-order valence-electron chi connectivity index (χ0n) is 6.87. The fourth-order valence-electron chi connectivity index (χ4n) is 1.30. The molecule has 0 aliphatic heterocycles. The number of pyridine rings is 1. The maximum Gasteiger partial charge on any atom is 0.141 e. The van der Waals surface area contributed by atoms with E-state index in [1.165, 1.54) is 0 Å². The molecule has 2 nitrogen and oxygen atoms in total. The minimum absolute atomic E-state index is 0.172. The molecular formula is C10H8ClNO. The minimum Gasteiger partial charge on any atom is -0.506 e. The molecule has 66 valence electrons. The van der Waals surface area contributed by atoms with E-state index in [9.17, 15) is 5.11 Å². The molecule has 1 N–H and O–H groups in total. The van der Waals surface area contributed by atoms with E-state index in [0.717, 1.165) is 5.56 Å². The van der Waals surface area contributed by atoms with Gasteiger partial charge in [-0.15, -0.1) is 0 Å². The number of aliphatic hydroxyl groups is 1. The second-order valence-corrected chi connectivity index (χ2v) is 3.34. The van der Waals surface area contributed by atoms with E-state index in [-0.39, 0.29) is 5.76 Å². The monoisotopic (exact) mass is 193 g/mol. The van der Waals surface area contributed by atoms with Gasteiger partial charge < -0.3 is 5.11 Å². The van der Waals surface area contributed by atoms with Gasteiger partial charge in [-0.25, -0.2) is 0 Å². The molecule has 0 aromatic carbocycles. The molecule has 0 atom stereocenters. The molecule has 1 aliphatic carbocycles. The SMILES string of the molecule is OC1=CC=C(Cl)Cc2cccnc21. The van der Waals surface area contributed by atoms with Gasteiger partial charge in [0.1, 0.15) is 11.5 Å². The first-order chi connectivity index (χ1) is 6.27. The Labute approximate surface area is 81.2 Å². The topological polar surface area (TPSA) is 33.1 Å². The number of nitrogens with zero attached hydrogens (tertiary/aromatic N) is 1. The van der Waals surface area contributed by atoms with Crippen molar-refractivity contribution in [3.05, 3.63) is 46.8 Å². The average Bonchev–Trinajstić information content (AvgIpc) is 2.27. The lowest BCUT2D eigenvalue weighted by Crippen LogP contribution is -1.94. The Morgan fingerprint density at radius 3 is 3.08 bits per heavy atom. The van der Waals surface area contributed by atoms with Gasteiger partial charge in [-0.2, -0.15) is 0 Å². The van der Waals surface area contributed by atoms with Crippen LogP contribution >= 0.6 is 11.6 Å². The van der Waals surface area contributed by atoms with Gasteiger partial charge in [-0.05, 0) is 23.8 Å². The van der Waals surface area contributed by atoms with Crippen LogP contribution in [0, 0.1) is 0 Å². The lowest BCUT2D eigenvalue weighted by molar-refractivity contribution is 0.508. The van der Waals surface area contributed by atoms with E-state index in [1.807, 2.05) is 12.1 Å². The quantitative estimate of drug-likeness (QED) is 0.687. The second-order valence-electron chi connectivity index (χ2n) is 2.85. The maximum atomic E-state index is 9.55. The van der Waals surface area contributed by atoms with E-state index >= 15 is 0 Å². The predicted molar refractivity (Wildman–Crippen MR) is 52.5 cm³/mol. The summed E-state index contributed by atoms with van der Waals surface area (Å²) in [6.07, 6.45) is 5.55. The summed E-state index contributed by atoms with van der Waals surface area (Å²) >= 11 is 5.89. The standard InChI is InChI=1S/C10H8ClNO/c11-8-3-4-9(13)10-7(6-8)2-1-5-12-10/h1-5,13H,6H2. The molecule has 1 aromatic rings. The van der Waals surface area contributed by atoms with Crippen molar-refractivity contribution >= 4 is 17.4 Å². The first kappa shape index (κ1) is 8.32. The van der Waals surface area contributed by atoms with Crippen molar-refractivity contribution in [1.29, 1.82) is 0 Å². The van der Waals surface area contributed by atoms with Gasteiger partial charge in [0.05, 0.1) is 0 Å². The number of aromatic nitrogens is 1. The molecule has 1 aliphatic rings. The van der Waals surface area contributed by atoms with Crippen molar-refractivity contribution in [1.82, 2.24) is 4.98 Å². The number of aliphatic hydroxyl groups excluding tert-OH is 1. The molecule has 0 unspecified atom stereocenters. The highest BCUT2D eigenvalue weighted by Gasteiger charge is 2.11. The number of hydrogen-bond donors (Lipinski definition) is 1. The van der Waals surface area contributed by atoms with E-state index in [2.05, 4.69) is 4.98 Å². The van der Waals surface area contributed by atoms with Gasteiger partial charge in [0, 0.05) is 17.6 Å². The highest BCUT2D eigenvalue weighted by molar-refractivity contribution is 6.30. The van der Waals surface area contributed by atoms with E-state index in [0.29, 0.717) is 17.1 Å². The zero-order valence-corrected chi connectivity index (χ0v) is 7.62. The van der Waals surface area contributed by atoms with Gasteiger partial charge in [0.25, 0.3) is 0 Å². The molecule has 0 bridgehead atoms. The molecule has 0 amide bonds. The molecule has 3 heteroatoms. The van der Waals surface area contributed by atoms with Crippen molar-refractivity contribution in [2.24, 2.45) is 0 Å². The molecule has 1 aromatic heterocycles. The van der Waals surface area contributed by atoms with Crippen LogP contribution in [0.2, 0.25) is 0 Å². The largest absolute Gasteiger partial charge is 0.506 e. The Kier molecular flexibility index (Phi) is 2.07. The normalized spacial score (nSPS) is 15.5. The molecule has 0 radical (unpaired) electrons. The summed E-state index contributed by atoms with van der Waals surface area (Å²) in [6, 6.07) is 3.75. The van der Waals surface area contributed by atoms with Crippen LogP contribution in [0.25, 0.3) is 5.76 Å². The van der Waals surface area contributed by atoms with Crippen LogP contribution in [0.3, 0.4) is 0 Å². The Hall–Kier alpha value is -1.28. The second kappa shape index (κ2) is 3.23. The molecule has 0 saturated heterocycles. The van der Waals surface area contributed by atoms with Crippen LogP contribution in [0.1, 0.15) is 11.3 Å². The Morgan fingerprint density at radius 2 is 2.23 bits per heavy atom. The van der Waals surface area contributed by atoms with Gasteiger partial charge in [-0.3, -0.25) is 4.98 Å². The molecule has 0 saturated carbocycles. The Balaban J connectivity index is 2.57. The molecule has 0 fully saturated rings. The number of halogens is 1. The predicted octanol–water partition coefficient (Wildman–Crippen LogP) is 2.66.